The van der Waals surface area contributed by atoms with Gasteiger partial charge in [-0.1, -0.05) is 56.3 Å². The maximum absolute atomic E-state index is 7.00. The van der Waals surface area contributed by atoms with E-state index in [2.05, 4.69) is 60.6 Å². The molecule has 0 aliphatic carbocycles. The van der Waals surface area contributed by atoms with E-state index >= 15 is 0 Å². The van der Waals surface area contributed by atoms with Gasteiger partial charge < -0.3 is 10.0 Å². The summed E-state index contributed by atoms with van der Waals surface area (Å²) in [6, 6.07) is 8.87. The zero-order chi connectivity index (χ0) is 17.7. The van der Waals surface area contributed by atoms with Crippen molar-refractivity contribution in [2.24, 2.45) is 0 Å². The third-order valence-electron chi connectivity index (χ3n) is 3.77. The number of aliphatic hydroxyl groups is 1. The maximum atomic E-state index is 7.00. The molecule has 3 nitrogen and oxygen atoms in total. The van der Waals surface area contributed by atoms with E-state index in [1.165, 1.54) is 16.8 Å². The van der Waals surface area contributed by atoms with Crippen LogP contribution in [0.25, 0.3) is 0 Å². The lowest BCUT2D eigenvalue weighted by Gasteiger charge is -2.36. The Labute approximate surface area is 142 Å². The van der Waals surface area contributed by atoms with Gasteiger partial charge in [0.25, 0.3) is 0 Å². The molecule has 1 aromatic carbocycles. The average Bonchev–Trinajstić information content (AvgIpc) is 2.63. The van der Waals surface area contributed by atoms with Crippen molar-refractivity contribution in [1.29, 1.82) is 0 Å². The van der Waals surface area contributed by atoms with Gasteiger partial charge in [-0.05, 0) is 25.5 Å². The van der Waals surface area contributed by atoms with E-state index < -0.39 is 0 Å². The van der Waals surface area contributed by atoms with Crippen LogP contribution in [0.15, 0.2) is 48.7 Å². The topological polar surface area (TPSA) is 26.7 Å². The smallest absolute Gasteiger partial charge is 0.0319 e. The van der Waals surface area contributed by atoms with Crippen molar-refractivity contribution in [3.63, 3.8) is 0 Å². The van der Waals surface area contributed by atoms with Crippen LogP contribution in [0, 0.1) is 6.92 Å². The molecule has 0 saturated carbocycles. The first-order chi connectivity index (χ1) is 11.2. The highest BCUT2D eigenvalue weighted by atomic mass is 16.2. The largest absolute Gasteiger partial charge is 0.400 e. The van der Waals surface area contributed by atoms with E-state index in [-0.39, 0.29) is 0 Å². The summed E-state index contributed by atoms with van der Waals surface area (Å²) in [5, 5.41) is 7.00. The van der Waals surface area contributed by atoms with Crippen LogP contribution >= 0.6 is 0 Å². The summed E-state index contributed by atoms with van der Waals surface area (Å²) < 4.78 is 0. The average molecular weight is 319 g/mol. The highest BCUT2D eigenvalue weighted by molar-refractivity contribution is 5.21. The molecule has 0 unspecified atom stereocenters. The zero-order valence-electron chi connectivity index (χ0n) is 15.5. The molecule has 1 aromatic rings. The first-order valence-corrected chi connectivity index (χ1v) is 8.49. The first-order valence-electron chi connectivity index (χ1n) is 8.49. The molecule has 0 radical (unpaired) electrons. The number of hydrogen-bond acceptors (Lipinski definition) is 3. The third kappa shape index (κ3) is 7.49. The number of benzene rings is 1. The fourth-order valence-corrected chi connectivity index (χ4v) is 2.55. The number of rotatable bonds is 4. The molecular weight excluding hydrogens is 284 g/mol. The molecule has 1 aliphatic heterocycles. The molecule has 23 heavy (non-hydrogen) atoms. The van der Waals surface area contributed by atoms with Crippen molar-refractivity contribution in [3.05, 3.63) is 59.8 Å². The molecule has 0 aromatic heterocycles. The van der Waals surface area contributed by atoms with Crippen LogP contribution in [0.5, 0.6) is 0 Å². The minimum Gasteiger partial charge on any atom is -0.400 e. The lowest BCUT2D eigenvalue weighted by Crippen LogP contribution is -2.45. The van der Waals surface area contributed by atoms with E-state index in [1.54, 1.807) is 0 Å². The van der Waals surface area contributed by atoms with E-state index in [4.69, 9.17) is 5.11 Å². The van der Waals surface area contributed by atoms with Crippen LogP contribution in [0.1, 0.15) is 31.9 Å². The Morgan fingerprint density at radius 2 is 1.61 bits per heavy atom. The van der Waals surface area contributed by atoms with Crippen LogP contribution in [0.4, 0.5) is 0 Å². The number of aliphatic hydroxyl groups excluding tert-OH is 1. The Morgan fingerprint density at radius 1 is 1.09 bits per heavy atom. The van der Waals surface area contributed by atoms with Crippen LogP contribution in [-0.2, 0) is 6.54 Å². The highest BCUT2D eigenvalue weighted by Gasteiger charge is 2.17. The van der Waals surface area contributed by atoms with Gasteiger partial charge in [-0.15, -0.1) is 0 Å². The number of allylic oxidation sites excluding steroid dienone is 2. The van der Waals surface area contributed by atoms with Gasteiger partial charge in [0, 0.05) is 45.5 Å². The fourth-order valence-electron chi connectivity index (χ4n) is 2.55. The second-order valence-electron chi connectivity index (χ2n) is 5.17. The van der Waals surface area contributed by atoms with Gasteiger partial charge >= 0.3 is 0 Å². The summed E-state index contributed by atoms with van der Waals surface area (Å²) in [5.74, 6) is 0. The standard InChI is InChI=1S/C17H24N2.C2H6.CH4O/c1-4-17(5-2)19-12-10-18(11-13-19)14-16-8-6-15(3)7-9-16;2*1-2/h4-9H,1,10-14H2,2-3H3;1-2H3;2H,1H3/b17-5+;;. The van der Waals surface area contributed by atoms with Crippen molar-refractivity contribution in [2.45, 2.75) is 34.2 Å². The van der Waals surface area contributed by atoms with Gasteiger partial charge in [0.1, 0.15) is 0 Å². The monoisotopic (exact) mass is 318 g/mol. The number of hydrogen-bond donors (Lipinski definition) is 1. The molecule has 0 spiro atoms. The number of nitrogens with zero attached hydrogens (tertiary/aromatic N) is 2. The van der Waals surface area contributed by atoms with E-state index in [0.717, 1.165) is 39.8 Å². The molecule has 1 heterocycles. The number of piperazine rings is 1. The Balaban J connectivity index is 0.00000112. The van der Waals surface area contributed by atoms with E-state index in [0.29, 0.717) is 0 Å². The van der Waals surface area contributed by atoms with Crippen molar-refractivity contribution in [1.82, 2.24) is 9.80 Å². The predicted octanol–water partition coefficient (Wildman–Crippen LogP) is 3.84. The van der Waals surface area contributed by atoms with Crippen LogP contribution in [0.3, 0.4) is 0 Å². The van der Waals surface area contributed by atoms with E-state index in [9.17, 15) is 0 Å². The molecule has 1 N–H and O–H groups in total. The minimum absolute atomic E-state index is 1.00. The molecule has 0 amide bonds. The van der Waals surface area contributed by atoms with Gasteiger partial charge in [-0.2, -0.15) is 0 Å². The van der Waals surface area contributed by atoms with Crippen molar-refractivity contribution < 1.29 is 5.11 Å². The maximum Gasteiger partial charge on any atom is 0.0319 e. The Bertz CT molecular complexity index is 443. The van der Waals surface area contributed by atoms with Crippen molar-refractivity contribution in [3.8, 4) is 0 Å². The molecule has 0 atom stereocenters. The van der Waals surface area contributed by atoms with Crippen LogP contribution in [0.2, 0.25) is 0 Å². The lowest BCUT2D eigenvalue weighted by molar-refractivity contribution is 0.155. The first kappa shape index (κ1) is 21.4. The molecule has 1 saturated heterocycles. The summed E-state index contributed by atoms with van der Waals surface area (Å²) in [4.78, 5) is 4.94. The summed E-state index contributed by atoms with van der Waals surface area (Å²) in [7, 11) is 1.00. The Kier molecular flexibility index (Phi) is 12.0. The van der Waals surface area contributed by atoms with Crippen molar-refractivity contribution >= 4 is 0 Å². The van der Waals surface area contributed by atoms with Gasteiger partial charge in [0.05, 0.1) is 0 Å². The molecule has 1 aliphatic rings. The molecule has 0 bridgehead atoms. The molecule has 3 heteroatoms. The van der Waals surface area contributed by atoms with Crippen LogP contribution in [-0.4, -0.2) is 48.2 Å². The molecular formula is C20H34N2O. The predicted molar refractivity (Wildman–Crippen MR) is 101 cm³/mol. The summed E-state index contributed by atoms with van der Waals surface area (Å²) in [5.41, 5.74) is 4.00. The Hall–Kier alpha value is -1.58. The summed E-state index contributed by atoms with van der Waals surface area (Å²) in [6.45, 7) is 17.6. The highest BCUT2D eigenvalue weighted by Crippen LogP contribution is 2.13. The molecule has 2 rings (SSSR count). The third-order valence-corrected chi connectivity index (χ3v) is 3.77. The normalized spacial score (nSPS) is 15.0. The van der Waals surface area contributed by atoms with Gasteiger partial charge in [0.15, 0.2) is 0 Å². The lowest BCUT2D eigenvalue weighted by atomic mass is 10.1. The van der Waals surface area contributed by atoms with Gasteiger partial charge in [-0.3, -0.25) is 4.90 Å². The second kappa shape index (κ2) is 12.9. The second-order valence-corrected chi connectivity index (χ2v) is 5.17. The zero-order valence-corrected chi connectivity index (χ0v) is 15.5. The summed E-state index contributed by atoms with van der Waals surface area (Å²) >= 11 is 0. The molecule has 130 valence electrons. The SMILES string of the molecule is C=C/C(=C\C)N1CCN(Cc2ccc(C)cc2)CC1.CC.CO. The Morgan fingerprint density at radius 3 is 2.04 bits per heavy atom. The minimum atomic E-state index is 1.00. The van der Waals surface area contributed by atoms with Crippen molar-refractivity contribution in [2.75, 3.05) is 33.3 Å². The summed E-state index contributed by atoms with van der Waals surface area (Å²) in [6.07, 6.45) is 4.10. The van der Waals surface area contributed by atoms with Gasteiger partial charge in [0.2, 0.25) is 0 Å². The van der Waals surface area contributed by atoms with Crippen LogP contribution < -0.4 is 0 Å². The number of aryl methyl sites for hydroxylation is 1. The van der Waals surface area contributed by atoms with E-state index in [1.807, 2.05) is 19.9 Å². The van der Waals surface area contributed by atoms with Gasteiger partial charge in [-0.25, -0.2) is 0 Å². The fraction of sp³-hybridized carbons (Fsp3) is 0.500. The quantitative estimate of drug-likeness (QED) is 0.855. The molecule has 1 fully saturated rings.